The maximum Gasteiger partial charge on any atom is 0.263 e. The number of amides is 1. The molecule has 0 aliphatic carbocycles. The normalized spacial score (nSPS) is 21.6. The highest BCUT2D eigenvalue weighted by atomic mass is 16.5. The number of ether oxygens (including phenoxy) is 2. The van der Waals surface area contributed by atoms with Gasteiger partial charge in [-0.25, -0.2) is 0 Å². The monoisotopic (exact) mass is 340 g/mol. The third-order valence-electron chi connectivity index (χ3n) is 4.55. The van der Waals surface area contributed by atoms with Crippen LogP contribution in [-0.4, -0.2) is 41.1 Å². The first-order valence-electron chi connectivity index (χ1n) is 8.60. The molecule has 1 aliphatic rings. The van der Waals surface area contributed by atoms with Gasteiger partial charge < -0.3 is 14.4 Å². The molecule has 132 valence electrons. The predicted octanol–water partition coefficient (Wildman–Crippen LogP) is 3.15. The maximum absolute atomic E-state index is 12.9. The minimum Gasteiger partial charge on any atom is -0.479 e. The van der Waals surface area contributed by atoms with E-state index in [1.54, 1.807) is 31.5 Å². The van der Waals surface area contributed by atoms with Gasteiger partial charge in [0, 0.05) is 6.20 Å². The van der Waals surface area contributed by atoms with Crippen molar-refractivity contribution in [2.45, 2.75) is 39.0 Å². The van der Waals surface area contributed by atoms with Crippen molar-refractivity contribution in [3.8, 4) is 5.75 Å². The van der Waals surface area contributed by atoms with Gasteiger partial charge in [-0.3, -0.25) is 9.78 Å². The Hall–Kier alpha value is -2.40. The van der Waals surface area contributed by atoms with Gasteiger partial charge >= 0.3 is 0 Å². The molecule has 5 heteroatoms. The summed E-state index contributed by atoms with van der Waals surface area (Å²) in [6.45, 7) is 6.90. The van der Waals surface area contributed by atoms with E-state index in [1.165, 1.54) is 5.56 Å². The number of nitrogens with zero attached hydrogens (tertiary/aromatic N) is 2. The topological polar surface area (TPSA) is 51.7 Å². The lowest BCUT2D eigenvalue weighted by molar-refractivity contribution is -0.151. The van der Waals surface area contributed by atoms with Crippen LogP contribution in [0.1, 0.15) is 31.1 Å². The number of aryl methyl sites for hydroxylation is 1. The standard InChI is InChI=1S/C20H24N2O3/c1-14-7-4-5-9-18(14)19-12-22(15(2)13-24-19)20(23)16(3)25-17-8-6-10-21-11-17/h4-11,15-16,19H,12-13H2,1-3H3. The van der Waals surface area contributed by atoms with E-state index in [4.69, 9.17) is 9.47 Å². The zero-order valence-electron chi connectivity index (χ0n) is 14.9. The van der Waals surface area contributed by atoms with E-state index in [0.29, 0.717) is 18.9 Å². The fraction of sp³-hybridized carbons (Fsp3) is 0.400. The molecule has 1 fully saturated rings. The predicted molar refractivity (Wildman–Crippen MR) is 95.4 cm³/mol. The number of pyridine rings is 1. The van der Waals surface area contributed by atoms with Gasteiger partial charge in [-0.2, -0.15) is 0 Å². The van der Waals surface area contributed by atoms with Crippen LogP contribution < -0.4 is 4.74 Å². The van der Waals surface area contributed by atoms with Crippen LogP contribution in [0.4, 0.5) is 0 Å². The summed E-state index contributed by atoms with van der Waals surface area (Å²) in [4.78, 5) is 18.8. The number of carbonyl (C=O) groups excluding carboxylic acids is 1. The molecule has 1 saturated heterocycles. The second-order valence-corrected chi connectivity index (χ2v) is 6.47. The quantitative estimate of drug-likeness (QED) is 0.858. The number of carbonyl (C=O) groups is 1. The number of hydrogen-bond donors (Lipinski definition) is 0. The summed E-state index contributed by atoms with van der Waals surface area (Å²) in [7, 11) is 0. The van der Waals surface area contributed by atoms with Crippen LogP contribution in [0.5, 0.6) is 5.75 Å². The lowest BCUT2D eigenvalue weighted by atomic mass is 10.0. The third-order valence-corrected chi connectivity index (χ3v) is 4.55. The molecule has 3 unspecified atom stereocenters. The van der Waals surface area contributed by atoms with Crippen molar-refractivity contribution in [2.75, 3.05) is 13.2 Å². The van der Waals surface area contributed by atoms with Crippen molar-refractivity contribution in [3.05, 3.63) is 59.9 Å². The van der Waals surface area contributed by atoms with Gasteiger partial charge in [0.1, 0.15) is 11.9 Å². The summed E-state index contributed by atoms with van der Waals surface area (Å²) in [5.74, 6) is 0.568. The smallest absolute Gasteiger partial charge is 0.263 e. The van der Waals surface area contributed by atoms with Gasteiger partial charge in [0.15, 0.2) is 6.10 Å². The van der Waals surface area contributed by atoms with Crippen molar-refractivity contribution in [1.29, 1.82) is 0 Å². The van der Waals surface area contributed by atoms with Crippen molar-refractivity contribution >= 4 is 5.91 Å². The molecule has 1 amide bonds. The SMILES string of the molecule is Cc1ccccc1C1CN(C(=O)C(C)Oc2cccnc2)C(C)CO1. The van der Waals surface area contributed by atoms with Crippen LogP contribution in [0, 0.1) is 6.92 Å². The van der Waals surface area contributed by atoms with E-state index in [-0.39, 0.29) is 18.1 Å². The average Bonchev–Trinajstić information content (AvgIpc) is 2.63. The van der Waals surface area contributed by atoms with Crippen LogP contribution in [0.3, 0.4) is 0 Å². The second-order valence-electron chi connectivity index (χ2n) is 6.47. The molecule has 0 radical (unpaired) electrons. The van der Waals surface area contributed by atoms with Gasteiger partial charge in [-0.1, -0.05) is 24.3 Å². The first kappa shape index (κ1) is 17.4. The van der Waals surface area contributed by atoms with Gasteiger partial charge in [0.25, 0.3) is 5.91 Å². The van der Waals surface area contributed by atoms with E-state index >= 15 is 0 Å². The minimum absolute atomic E-state index is 0.0210. The lowest BCUT2D eigenvalue weighted by Crippen LogP contribution is -2.52. The number of hydrogen-bond acceptors (Lipinski definition) is 4. The summed E-state index contributed by atoms with van der Waals surface area (Å²) >= 11 is 0. The van der Waals surface area contributed by atoms with E-state index in [9.17, 15) is 4.79 Å². The second kappa shape index (κ2) is 7.66. The van der Waals surface area contributed by atoms with Crippen LogP contribution in [0.2, 0.25) is 0 Å². The van der Waals surface area contributed by atoms with Crippen molar-refractivity contribution in [3.63, 3.8) is 0 Å². The Labute approximate surface area is 148 Å². The summed E-state index contributed by atoms with van der Waals surface area (Å²) < 4.78 is 11.7. The fourth-order valence-electron chi connectivity index (χ4n) is 3.10. The van der Waals surface area contributed by atoms with Crippen molar-refractivity contribution < 1.29 is 14.3 Å². The van der Waals surface area contributed by atoms with Crippen LogP contribution in [-0.2, 0) is 9.53 Å². The van der Waals surface area contributed by atoms with Gasteiger partial charge in [0.05, 0.1) is 25.4 Å². The van der Waals surface area contributed by atoms with Gasteiger partial charge in [-0.15, -0.1) is 0 Å². The molecule has 25 heavy (non-hydrogen) atoms. The Morgan fingerprint density at radius 1 is 1.32 bits per heavy atom. The molecule has 1 aromatic carbocycles. The highest BCUT2D eigenvalue weighted by molar-refractivity contribution is 5.81. The van der Waals surface area contributed by atoms with Gasteiger partial charge in [0.2, 0.25) is 0 Å². The average molecular weight is 340 g/mol. The molecule has 1 aliphatic heterocycles. The molecule has 1 aromatic heterocycles. The van der Waals surface area contributed by atoms with Gasteiger partial charge in [-0.05, 0) is 44.0 Å². The third kappa shape index (κ3) is 3.99. The van der Waals surface area contributed by atoms with E-state index < -0.39 is 6.10 Å². The molecular formula is C20H24N2O3. The molecule has 2 aromatic rings. The summed E-state index contributed by atoms with van der Waals surface area (Å²) in [6.07, 6.45) is 2.62. The lowest BCUT2D eigenvalue weighted by Gasteiger charge is -2.39. The zero-order valence-corrected chi connectivity index (χ0v) is 14.9. The largest absolute Gasteiger partial charge is 0.479 e. The molecule has 0 saturated carbocycles. The molecule has 3 rings (SSSR count). The Kier molecular flexibility index (Phi) is 5.34. The summed E-state index contributed by atoms with van der Waals surface area (Å²) in [5, 5.41) is 0. The highest BCUT2D eigenvalue weighted by Gasteiger charge is 2.33. The Morgan fingerprint density at radius 2 is 2.12 bits per heavy atom. The van der Waals surface area contributed by atoms with E-state index in [2.05, 4.69) is 24.0 Å². The van der Waals surface area contributed by atoms with E-state index in [1.807, 2.05) is 24.0 Å². The zero-order chi connectivity index (χ0) is 17.8. The van der Waals surface area contributed by atoms with Crippen LogP contribution >= 0.6 is 0 Å². The van der Waals surface area contributed by atoms with Crippen molar-refractivity contribution in [1.82, 2.24) is 9.88 Å². The van der Waals surface area contributed by atoms with Crippen LogP contribution in [0.15, 0.2) is 48.8 Å². The number of aromatic nitrogens is 1. The minimum atomic E-state index is -0.567. The molecular weight excluding hydrogens is 316 g/mol. The number of rotatable bonds is 4. The molecule has 0 spiro atoms. The number of benzene rings is 1. The Balaban J connectivity index is 1.71. The van der Waals surface area contributed by atoms with E-state index in [0.717, 1.165) is 5.56 Å². The maximum atomic E-state index is 12.9. The first-order valence-corrected chi connectivity index (χ1v) is 8.60. The molecule has 5 nitrogen and oxygen atoms in total. The summed E-state index contributed by atoms with van der Waals surface area (Å²) in [5.41, 5.74) is 2.31. The van der Waals surface area contributed by atoms with Crippen LogP contribution in [0.25, 0.3) is 0 Å². The fourth-order valence-corrected chi connectivity index (χ4v) is 3.10. The van der Waals surface area contributed by atoms with Crippen molar-refractivity contribution in [2.24, 2.45) is 0 Å². The summed E-state index contributed by atoms with van der Waals surface area (Å²) in [6, 6.07) is 11.8. The highest BCUT2D eigenvalue weighted by Crippen LogP contribution is 2.27. The Morgan fingerprint density at radius 3 is 2.84 bits per heavy atom. The first-order chi connectivity index (χ1) is 12.1. The molecule has 0 bridgehead atoms. The number of morpholine rings is 1. The molecule has 0 N–H and O–H groups in total. The molecule has 3 atom stereocenters. The molecule has 2 heterocycles. The Bertz CT molecular complexity index is 720.